The second kappa shape index (κ2) is 5.76. The average Bonchev–Trinajstić information content (AvgIpc) is 2.05. The van der Waals surface area contributed by atoms with Gasteiger partial charge in [-0.2, -0.15) is 0 Å². The number of aryl methyl sites for hydroxylation is 1. The van der Waals surface area contributed by atoms with Gasteiger partial charge in [0.25, 0.3) is 0 Å². The van der Waals surface area contributed by atoms with Gasteiger partial charge in [-0.25, -0.2) is 0 Å². The predicted molar refractivity (Wildman–Crippen MR) is 61.0 cm³/mol. The van der Waals surface area contributed by atoms with Crippen LogP contribution in [0.15, 0.2) is 30.3 Å². The number of hydrogen-bond acceptors (Lipinski definition) is 0. The number of alkyl halides is 2. The van der Waals surface area contributed by atoms with E-state index in [1.807, 2.05) is 0 Å². The van der Waals surface area contributed by atoms with Crippen molar-refractivity contribution in [2.45, 2.75) is 23.0 Å². The third-order valence-corrected chi connectivity index (χ3v) is 2.65. The Bertz CT molecular complexity index is 206. The summed E-state index contributed by atoms with van der Waals surface area (Å²) in [6, 6.07) is 10.6. The molecule has 1 aromatic rings. The lowest BCUT2D eigenvalue weighted by atomic mass is 10.1. The molecule has 0 fully saturated rings. The smallest absolute Gasteiger partial charge is 0.0698 e. The van der Waals surface area contributed by atoms with Crippen molar-refractivity contribution in [2.24, 2.45) is 0 Å². The first-order chi connectivity index (χ1) is 5.79. The predicted octanol–water partition coefficient (Wildman–Crippen LogP) is 4.13. The maximum absolute atomic E-state index is 3.46. The van der Waals surface area contributed by atoms with Crippen molar-refractivity contribution in [3.05, 3.63) is 35.9 Å². The van der Waals surface area contributed by atoms with Gasteiger partial charge in [0.2, 0.25) is 0 Å². The van der Waals surface area contributed by atoms with Gasteiger partial charge >= 0.3 is 0 Å². The Morgan fingerprint density at radius 1 is 1.08 bits per heavy atom. The molecule has 12 heavy (non-hydrogen) atoms. The Morgan fingerprint density at radius 2 is 1.75 bits per heavy atom. The van der Waals surface area contributed by atoms with E-state index in [0.717, 1.165) is 0 Å². The molecule has 0 unspecified atom stereocenters. The van der Waals surface area contributed by atoms with Crippen LogP contribution < -0.4 is 0 Å². The van der Waals surface area contributed by atoms with Crippen LogP contribution in [0.2, 0.25) is 0 Å². The van der Waals surface area contributed by atoms with Crippen molar-refractivity contribution in [2.75, 3.05) is 0 Å². The van der Waals surface area contributed by atoms with Crippen molar-refractivity contribution < 1.29 is 0 Å². The molecule has 0 saturated carbocycles. The molecule has 0 aliphatic rings. The van der Waals surface area contributed by atoms with Crippen LogP contribution in [0.4, 0.5) is 0 Å². The van der Waals surface area contributed by atoms with Gasteiger partial charge in [0.1, 0.15) is 0 Å². The molecule has 0 aromatic heterocycles. The normalized spacial score (nSPS) is 10.6. The van der Waals surface area contributed by atoms with E-state index in [1.54, 1.807) is 0 Å². The van der Waals surface area contributed by atoms with Gasteiger partial charge < -0.3 is 0 Å². The Morgan fingerprint density at radius 3 is 2.33 bits per heavy atom. The van der Waals surface area contributed by atoms with E-state index in [9.17, 15) is 0 Å². The van der Waals surface area contributed by atoms with Crippen LogP contribution in [0.5, 0.6) is 0 Å². The van der Waals surface area contributed by atoms with Crippen LogP contribution in [0.1, 0.15) is 18.4 Å². The molecule has 0 heterocycles. The highest BCUT2D eigenvalue weighted by molar-refractivity contribution is 9.24. The van der Waals surface area contributed by atoms with E-state index in [-0.39, 0.29) is 0 Å². The lowest BCUT2D eigenvalue weighted by Gasteiger charge is -2.01. The highest BCUT2D eigenvalue weighted by atomic mass is 79.9. The largest absolute Gasteiger partial charge is 0.0765 e. The van der Waals surface area contributed by atoms with Crippen molar-refractivity contribution in [1.82, 2.24) is 0 Å². The summed E-state index contributed by atoms with van der Waals surface area (Å²) in [6.07, 6.45) is 3.58. The molecule has 1 aromatic carbocycles. The molecule has 0 aliphatic heterocycles. The summed E-state index contributed by atoms with van der Waals surface area (Å²) in [5.74, 6) is 0. The molecule has 0 bridgehead atoms. The first-order valence-corrected chi connectivity index (χ1v) is 5.94. The molecule has 66 valence electrons. The fourth-order valence-electron chi connectivity index (χ4n) is 1.11. The highest BCUT2D eigenvalue weighted by Gasteiger charge is 1.97. The summed E-state index contributed by atoms with van der Waals surface area (Å²) < 4.78 is 0.466. The summed E-state index contributed by atoms with van der Waals surface area (Å²) in [4.78, 5) is 0. The second-order valence-corrected chi connectivity index (χ2v) is 6.21. The molecule has 0 aliphatic carbocycles. The lowest BCUT2D eigenvalue weighted by Crippen LogP contribution is -1.89. The first kappa shape index (κ1) is 10.3. The minimum Gasteiger partial charge on any atom is -0.0765 e. The van der Waals surface area contributed by atoms with Crippen LogP contribution in [0, 0.1) is 0 Å². The standard InChI is InChI=1S/C10H12Br2/c11-10(12)8-4-7-9-5-2-1-3-6-9/h1-3,5-6,10H,4,7-8H2. The summed E-state index contributed by atoms with van der Waals surface area (Å²) in [5.41, 5.74) is 1.43. The van der Waals surface area contributed by atoms with E-state index < -0.39 is 0 Å². The van der Waals surface area contributed by atoms with Crippen molar-refractivity contribution in [3.8, 4) is 0 Å². The number of rotatable bonds is 4. The minimum absolute atomic E-state index is 0.466. The van der Waals surface area contributed by atoms with Gasteiger partial charge in [0, 0.05) is 0 Å². The summed E-state index contributed by atoms with van der Waals surface area (Å²) in [6.45, 7) is 0. The zero-order chi connectivity index (χ0) is 8.81. The van der Waals surface area contributed by atoms with E-state index in [2.05, 4.69) is 62.2 Å². The summed E-state index contributed by atoms with van der Waals surface area (Å²) in [5, 5.41) is 0. The number of halogens is 2. The molecule has 0 amide bonds. The molecule has 2 heteroatoms. The van der Waals surface area contributed by atoms with Gasteiger partial charge in [0.15, 0.2) is 0 Å². The summed E-state index contributed by atoms with van der Waals surface area (Å²) >= 11 is 6.93. The van der Waals surface area contributed by atoms with Crippen LogP contribution in [0.25, 0.3) is 0 Å². The van der Waals surface area contributed by atoms with E-state index in [0.29, 0.717) is 3.74 Å². The zero-order valence-corrected chi connectivity index (χ0v) is 10.0. The van der Waals surface area contributed by atoms with Gasteiger partial charge in [-0.05, 0) is 24.8 Å². The fraction of sp³-hybridized carbons (Fsp3) is 0.400. The Kier molecular flexibility index (Phi) is 4.93. The topological polar surface area (TPSA) is 0 Å². The molecular weight excluding hydrogens is 280 g/mol. The van der Waals surface area contributed by atoms with Crippen molar-refractivity contribution in [3.63, 3.8) is 0 Å². The monoisotopic (exact) mass is 290 g/mol. The van der Waals surface area contributed by atoms with Gasteiger partial charge in [-0.3, -0.25) is 0 Å². The van der Waals surface area contributed by atoms with E-state index in [1.165, 1.54) is 24.8 Å². The molecule has 0 radical (unpaired) electrons. The molecule has 0 saturated heterocycles. The van der Waals surface area contributed by atoms with Gasteiger partial charge in [-0.1, -0.05) is 62.2 Å². The lowest BCUT2D eigenvalue weighted by molar-refractivity contribution is 0.793. The van der Waals surface area contributed by atoms with E-state index >= 15 is 0 Å². The van der Waals surface area contributed by atoms with E-state index in [4.69, 9.17) is 0 Å². The Balaban J connectivity index is 2.25. The van der Waals surface area contributed by atoms with Gasteiger partial charge in [0.05, 0.1) is 3.74 Å². The van der Waals surface area contributed by atoms with Crippen molar-refractivity contribution in [1.29, 1.82) is 0 Å². The Hall–Kier alpha value is 0.180. The fourth-order valence-corrected chi connectivity index (χ4v) is 1.75. The third-order valence-electron chi connectivity index (χ3n) is 1.73. The van der Waals surface area contributed by atoms with Crippen LogP contribution in [-0.4, -0.2) is 3.74 Å². The number of benzene rings is 1. The molecule has 0 nitrogen and oxygen atoms in total. The number of hydrogen-bond donors (Lipinski definition) is 0. The first-order valence-electron chi connectivity index (χ1n) is 4.11. The minimum atomic E-state index is 0.466. The maximum Gasteiger partial charge on any atom is 0.0698 e. The zero-order valence-electron chi connectivity index (χ0n) is 6.84. The summed E-state index contributed by atoms with van der Waals surface area (Å²) in [7, 11) is 0. The average molecular weight is 292 g/mol. The highest BCUT2D eigenvalue weighted by Crippen LogP contribution is 2.16. The van der Waals surface area contributed by atoms with Crippen LogP contribution in [0.3, 0.4) is 0 Å². The Labute approximate surface area is 90.6 Å². The quantitative estimate of drug-likeness (QED) is 0.732. The molecular formula is C10H12Br2. The maximum atomic E-state index is 3.46. The van der Waals surface area contributed by atoms with Crippen molar-refractivity contribution >= 4 is 31.9 Å². The molecule has 0 atom stereocenters. The third kappa shape index (κ3) is 4.27. The molecule has 0 N–H and O–H groups in total. The second-order valence-electron chi connectivity index (χ2n) is 2.77. The molecule has 0 spiro atoms. The van der Waals surface area contributed by atoms with Gasteiger partial charge in [-0.15, -0.1) is 0 Å². The van der Waals surface area contributed by atoms with Crippen LogP contribution in [-0.2, 0) is 6.42 Å². The molecule has 1 rings (SSSR count). The SMILES string of the molecule is BrC(Br)CCCc1ccccc1. The van der Waals surface area contributed by atoms with Crippen LogP contribution >= 0.6 is 31.9 Å².